The quantitative estimate of drug-likeness (QED) is 0.167. The molecule has 62 heavy (non-hydrogen) atoms. The van der Waals surface area contributed by atoms with E-state index in [0.29, 0.717) is 0 Å². The van der Waals surface area contributed by atoms with Crippen molar-refractivity contribution in [2.24, 2.45) is 0 Å². The van der Waals surface area contributed by atoms with Gasteiger partial charge in [0.15, 0.2) is 0 Å². The normalized spacial score (nSPS) is 13.1. The zero-order valence-corrected chi connectivity index (χ0v) is 34.7. The van der Waals surface area contributed by atoms with E-state index in [1.807, 2.05) is 0 Å². The van der Waals surface area contributed by atoms with E-state index in [9.17, 15) is 0 Å². The molecule has 0 radical (unpaired) electrons. The van der Waals surface area contributed by atoms with Crippen molar-refractivity contribution in [2.75, 3.05) is 0 Å². The standard InChI is InChI=1S/C61H41N/c1-38-33-39(2)35-46(34-38)42-21-19-40(20-22-42)41-23-28-47(29-24-41)62-58-31-27-44(36-53(58)60-48-12-4-3-11-43(48)26-32-59(60)62)45-25-30-52-51-15-7-10-18-56(51)61(57(52)37-45)54-16-8-5-13-49(54)50-14-6-9-17-55(50)61/h3-37H,1-2H3. The van der Waals surface area contributed by atoms with Gasteiger partial charge in [-0.3, -0.25) is 0 Å². The molecule has 0 N–H and O–H groups in total. The number of rotatable bonds is 4. The van der Waals surface area contributed by atoms with E-state index in [1.54, 1.807) is 0 Å². The largest absolute Gasteiger partial charge is 0.309 e. The fourth-order valence-electron chi connectivity index (χ4n) is 11.3. The molecule has 1 heteroatoms. The Morgan fingerprint density at radius 3 is 1.45 bits per heavy atom. The Morgan fingerprint density at radius 2 is 0.806 bits per heavy atom. The second-order valence-electron chi connectivity index (χ2n) is 17.4. The first-order valence-corrected chi connectivity index (χ1v) is 21.7. The number of aryl methyl sites for hydroxylation is 2. The molecule has 0 bridgehead atoms. The highest BCUT2D eigenvalue weighted by molar-refractivity contribution is 6.22. The van der Waals surface area contributed by atoms with Gasteiger partial charge < -0.3 is 4.57 Å². The summed E-state index contributed by atoms with van der Waals surface area (Å²) < 4.78 is 2.45. The average molecular weight is 788 g/mol. The summed E-state index contributed by atoms with van der Waals surface area (Å²) in [5.74, 6) is 0. The van der Waals surface area contributed by atoms with E-state index >= 15 is 0 Å². The molecule has 1 heterocycles. The maximum absolute atomic E-state index is 2.50. The van der Waals surface area contributed by atoms with Crippen LogP contribution in [0.25, 0.3) is 93.9 Å². The second-order valence-corrected chi connectivity index (χ2v) is 17.4. The molecule has 1 nitrogen and oxygen atoms in total. The molecule has 0 unspecified atom stereocenters. The maximum Gasteiger partial charge on any atom is 0.0725 e. The highest BCUT2D eigenvalue weighted by atomic mass is 15.0. The molecule has 1 spiro atoms. The molecule has 11 aromatic rings. The highest BCUT2D eigenvalue weighted by Crippen LogP contribution is 2.63. The van der Waals surface area contributed by atoms with Gasteiger partial charge in [-0.25, -0.2) is 0 Å². The molecule has 0 amide bonds. The van der Waals surface area contributed by atoms with Crippen molar-refractivity contribution in [3.63, 3.8) is 0 Å². The van der Waals surface area contributed by atoms with Crippen LogP contribution in [0.15, 0.2) is 212 Å². The summed E-state index contributed by atoms with van der Waals surface area (Å²) >= 11 is 0. The van der Waals surface area contributed by atoms with Gasteiger partial charge in [-0.2, -0.15) is 0 Å². The Morgan fingerprint density at radius 1 is 0.323 bits per heavy atom. The Hall–Kier alpha value is -7.74. The zero-order chi connectivity index (χ0) is 41.1. The van der Waals surface area contributed by atoms with E-state index in [4.69, 9.17) is 0 Å². The molecule has 0 saturated carbocycles. The fourth-order valence-corrected chi connectivity index (χ4v) is 11.3. The van der Waals surface area contributed by atoms with Gasteiger partial charge in [0.2, 0.25) is 0 Å². The van der Waals surface area contributed by atoms with Crippen LogP contribution in [0.1, 0.15) is 33.4 Å². The first-order chi connectivity index (χ1) is 30.5. The third-order valence-corrected chi connectivity index (χ3v) is 13.9. The predicted octanol–water partition coefficient (Wildman–Crippen LogP) is 15.9. The molecule has 0 fully saturated rings. The summed E-state index contributed by atoms with van der Waals surface area (Å²) in [6.07, 6.45) is 0. The molecule has 2 aliphatic carbocycles. The van der Waals surface area contributed by atoms with Crippen LogP contribution < -0.4 is 0 Å². The van der Waals surface area contributed by atoms with E-state index in [0.717, 1.165) is 5.69 Å². The van der Waals surface area contributed by atoms with Crippen molar-refractivity contribution in [1.82, 2.24) is 4.57 Å². The molecular weight excluding hydrogens is 747 g/mol. The van der Waals surface area contributed by atoms with Crippen molar-refractivity contribution >= 4 is 32.6 Å². The summed E-state index contributed by atoms with van der Waals surface area (Å²) in [4.78, 5) is 0. The lowest BCUT2D eigenvalue weighted by molar-refractivity contribution is 0.794. The Bertz CT molecular complexity index is 3550. The average Bonchev–Trinajstić information content (AvgIpc) is 3.93. The summed E-state index contributed by atoms with van der Waals surface area (Å²) in [5, 5.41) is 5.07. The minimum Gasteiger partial charge on any atom is -0.309 e. The third-order valence-electron chi connectivity index (χ3n) is 13.9. The minimum atomic E-state index is -0.375. The third kappa shape index (κ3) is 4.91. The molecule has 0 saturated heterocycles. The van der Waals surface area contributed by atoms with E-state index < -0.39 is 0 Å². The van der Waals surface area contributed by atoms with Crippen LogP contribution in [0.2, 0.25) is 0 Å². The second kappa shape index (κ2) is 13.1. The van der Waals surface area contributed by atoms with Crippen molar-refractivity contribution in [3.8, 4) is 61.3 Å². The van der Waals surface area contributed by atoms with Gasteiger partial charge in [0, 0.05) is 16.5 Å². The lowest BCUT2D eigenvalue weighted by Crippen LogP contribution is -2.25. The Labute approximate surface area is 361 Å². The van der Waals surface area contributed by atoms with Crippen LogP contribution in [-0.2, 0) is 5.41 Å². The SMILES string of the molecule is Cc1cc(C)cc(-c2ccc(-c3ccc(-n4c5ccc(-c6ccc7c(c6)C6(c8ccccc8-c8ccccc86)c6ccccc6-7)cc5c5c6ccccc6ccc54)cc3)cc2)c1. The van der Waals surface area contributed by atoms with Crippen LogP contribution in [0.3, 0.4) is 0 Å². The number of aromatic nitrogens is 1. The number of nitrogens with zero attached hydrogens (tertiary/aromatic N) is 1. The topological polar surface area (TPSA) is 4.93 Å². The fraction of sp³-hybridized carbons (Fsp3) is 0.0492. The highest BCUT2D eigenvalue weighted by Gasteiger charge is 2.51. The summed E-state index contributed by atoms with van der Waals surface area (Å²) in [6, 6.07) is 79.8. The van der Waals surface area contributed by atoms with Crippen LogP contribution >= 0.6 is 0 Å². The van der Waals surface area contributed by atoms with Crippen molar-refractivity contribution in [3.05, 3.63) is 246 Å². The number of benzene rings is 10. The van der Waals surface area contributed by atoms with E-state index in [-0.39, 0.29) is 5.41 Å². The Kier molecular flexibility index (Phi) is 7.42. The minimum absolute atomic E-state index is 0.375. The first kappa shape index (κ1) is 35.1. The van der Waals surface area contributed by atoms with E-state index in [2.05, 4.69) is 231 Å². The van der Waals surface area contributed by atoms with E-state index in [1.165, 1.54) is 122 Å². The van der Waals surface area contributed by atoms with Gasteiger partial charge in [-0.05, 0) is 139 Å². The predicted molar refractivity (Wildman–Crippen MR) is 260 cm³/mol. The van der Waals surface area contributed by atoms with Crippen molar-refractivity contribution in [1.29, 1.82) is 0 Å². The smallest absolute Gasteiger partial charge is 0.0725 e. The van der Waals surface area contributed by atoms with Gasteiger partial charge in [-0.15, -0.1) is 0 Å². The molecule has 2 aliphatic rings. The molecule has 290 valence electrons. The molecular formula is C61H41N. The maximum atomic E-state index is 2.50. The molecule has 0 aliphatic heterocycles. The van der Waals surface area contributed by atoms with Crippen LogP contribution in [0.4, 0.5) is 0 Å². The van der Waals surface area contributed by atoms with Gasteiger partial charge in [0.1, 0.15) is 0 Å². The summed E-state index contributed by atoms with van der Waals surface area (Å²) in [6.45, 7) is 4.34. The number of hydrogen-bond donors (Lipinski definition) is 0. The van der Waals surface area contributed by atoms with Crippen LogP contribution in [-0.4, -0.2) is 4.57 Å². The lowest BCUT2D eigenvalue weighted by Gasteiger charge is -2.30. The van der Waals surface area contributed by atoms with Crippen molar-refractivity contribution < 1.29 is 0 Å². The van der Waals surface area contributed by atoms with Crippen LogP contribution in [0.5, 0.6) is 0 Å². The van der Waals surface area contributed by atoms with Gasteiger partial charge >= 0.3 is 0 Å². The number of hydrogen-bond acceptors (Lipinski definition) is 0. The summed E-state index contributed by atoms with van der Waals surface area (Å²) in [5.41, 5.74) is 23.9. The van der Waals surface area contributed by atoms with Gasteiger partial charge in [0.05, 0.1) is 16.4 Å². The van der Waals surface area contributed by atoms with Crippen molar-refractivity contribution in [2.45, 2.75) is 19.3 Å². The van der Waals surface area contributed by atoms with Gasteiger partial charge in [-0.1, -0.05) is 187 Å². The monoisotopic (exact) mass is 787 g/mol. The molecule has 13 rings (SSSR count). The lowest BCUT2D eigenvalue weighted by atomic mass is 9.70. The number of fused-ring (bicyclic) bond motifs is 15. The summed E-state index contributed by atoms with van der Waals surface area (Å²) in [7, 11) is 0. The first-order valence-electron chi connectivity index (χ1n) is 21.7. The zero-order valence-electron chi connectivity index (χ0n) is 34.7. The van der Waals surface area contributed by atoms with Crippen LogP contribution in [0, 0.1) is 13.8 Å². The van der Waals surface area contributed by atoms with Gasteiger partial charge in [0.25, 0.3) is 0 Å². The molecule has 10 aromatic carbocycles. The Balaban J connectivity index is 0.957. The molecule has 0 atom stereocenters. The molecule has 1 aromatic heterocycles.